The van der Waals surface area contributed by atoms with Gasteiger partial charge in [-0.25, -0.2) is 18.1 Å². The lowest BCUT2D eigenvalue weighted by atomic mass is 10.2. The Morgan fingerprint density at radius 2 is 1.86 bits per heavy atom. The molecular formula is C15H26N4O2S. The van der Waals surface area contributed by atoms with Gasteiger partial charge in [0.25, 0.3) is 0 Å². The van der Waals surface area contributed by atoms with Crippen LogP contribution < -0.4 is 10.0 Å². The van der Waals surface area contributed by atoms with Crippen molar-refractivity contribution in [3.05, 3.63) is 35.9 Å². The summed E-state index contributed by atoms with van der Waals surface area (Å²) in [6.07, 6.45) is 0.706. The number of sulfonamides is 1. The topological polar surface area (TPSA) is 73.8 Å². The Kier molecular flexibility index (Phi) is 7.90. The summed E-state index contributed by atoms with van der Waals surface area (Å²) in [5.41, 5.74) is 1.15. The fourth-order valence-corrected chi connectivity index (χ4v) is 2.38. The summed E-state index contributed by atoms with van der Waals surface area (Å²) in [6, 6.07) is 10.0. The summed E-state index contributed by atoms with van der Waals surface area (Å²) in [6.45, 7) is 3.34. The molecule has 0 heterocycles. The molecule has 2 N–H and O–H groups in total. The van der Waals surface area contributed by atoms with E-state index in [1.165, 1.54) is 0 Å². The molecule has 0 aliphatic heterocycles. The van der Waals surface area contributed by atoms with Crippen molar-refractivity contribution in [1.29, 1.82) is 0 Å². The van der Waals surface area contributed by atoms with E-state index in [4.69, 9.17) is 0 Å². The minimum Gasteiger partial charge on any atom is -0.356 e. The maximum absolute atomic E-state index is 11.3. The SMILES string of the molecule is CCS(=O)(=O)NCCCNC(=NCc1ccccc1)N(C)C. The van der Waals surface area contributed by atoms with E-state index in [0.717, 1.165) is 11.5 Å². The summed E-state index contributed by atoms with van der Waals surface area (Å²) in [5.74, 6) is 0.907. The lowest BCUT2D eigenvalue weighted by Gasteiger charge is -2.17. The van der Waals surface area contributed by atoms with Crippen LogP contribution >= 0.6 is 0 Å². The quantitative estimate of drug-likeness (QED) is 0.425. The van der Waals surface area contributed by atoms with Crippen molar-refractivity contribution in [3.8, 4) is 0 Å². The number of benzene rings is 1. The van der Waals surface area contributed by atoms with E-state index < -0.39 is 10.0 Å². The first kappa shape index (κ1) is 18.4. The molecule has 0 aliphatic carbocycles. The maximum atomic E-state index is 11.3. The monoisotopic (exact) mass is 326 g/mol. The fraction of sp³-hybridized carbons (Fsp3) is 0.533. The molecule has 0 bridgehead atoms. The van der Waals surface area contributed by atoms with Crippen LogP contribution in [0.15, 0.2) is 35.3 Å². The molecule has 0 radical (unpaired) electrons. The summed E-state index contributed by atoms with van der Waals surface area (Å²) in [5, 5.41) is 3.23. The lowest BCUT2D eigenvalue weighted by Crippen LogP contribution is -2.38. The normalized spacial score (nSPS) is 12.2. The van der Waals surface area contributed by atoms with E-state index in [1.807, 2.05) is 49.3 Å². The van der Waals surface area contributed by atoms with Gasteiger partial charge in [0.15, 0.2) is 5.96 Å². The van der Waals surface area contributed by atoms with Gasteiger partial charge in [0.05, 0.1) is 12.3 Å². The zero-order valence-electron chi connectivity index (χ0n) is 13.5. The molecule has 1 aromatic carbocycles. The molecule has 6 nitrogen and oxygen atoms in total. The van der Waals surface area contributed by atoms with Crippen LogP contribution in [0.25, 0.3) is 0 Å². The molecule has 7 heteroatoms. The van der Waals surface area contributed by atoms with Crippen molar-refractivity contribution in [2.45, 2.75) is 19.9 Å². The second-order valence-electron chi connectivity index (χ2n) is 5.10. The molecular weight excluding hydrogens is 300 g/mol. The number of rotatable bonds is 8. The first-order valence-electron chi connectivity index (χ1n) is 7.41. The Bertz CT molecular complexity index is 556. The average molecular weight is 326 g/mol. The molecule has 0 saturated heterocycles. The van der Waals surface area contributed by atoms with Crippen LogP contribution in [0.3, 0.4) is 0 Å². The summed E-state index contributed by atoms with van der Waals surface area (Å²) < 4.78 is 25.1. The molecule has 0 spiro atoms. The Balaban J connectivity index is 2.38. The highest BCUT2D eigenvalue weighted by Gasteiger charge is 2.05. The standard InChI is InChI=1S/C15H26N4O2S/c1-4-22(20,21)18-12-8-11-16-15(19(2)3)17-13-14-9-6-5-7-10-14/h5-7,9-10,18H,4,8,11-13H2,1-3H3,(H,16,17). The maximum Gasteiger partial charge on any atom is 0.211 e. The van der Waals surface area contributed by atoms with E-state index in [-0.39, 0.29) is 5.75 Å². The number of aliphatic imine (C=N–C) groups is 1. The predicted octanol–water partition coefficient (Wildman–Crippen LogP) is 1.02. The lowest BCUT2D eigenvalue weighted by molar-refractivity contribution is 0.566. The third-order valence-corrected chi connectivity index (χ3v) is 4.42. The van der Waals surface area contributed by atoms with Crippen molar-refractivity contribution < 1.29 is 8.42 Å². The molecule has 0 amide bonds. The van der Waals surface area contributed by atoms with E-state index in [1.54, 1.807) is 6.92 Å². The van der Waals surface area contributed by atoms with Crippen molar-refractivity contribution in [2.75, 3.05) is 32.9 Å². The van der Waals surface area contributed by atoms with Crippen molar-refractivity contribution >= 4 is 16.0 Å². The molecule has 0 atom stereocenters. The molecule has 0 unspecified atom stereocenters. The number of nitrogens with one attached hydrogen (secondary N) is 2. The van der Waals surface area contributed by atoms with Crippen molar-refractivity contribution in [2.24, 2.45) is 4.99 Å². The highest BCUT2D eigenvalue weighted by molar-refractivity contribution is 7.89. The Labute approximate surface area is 133 Å². The fourth-order valence-electron chi connectivity index (χ4n) is 1.72. The van der Waals surface area contributed by atoms with Gasteiger partial charge in [-0.05, 0) is 18.9 Å². The predicted molar refractivity (Wildman–Crippen MR) is 91.4 cm³/mol. The summed E-state index contributed by atoms with van der Waals surface area (Å²) in [7, 11) is 0.753. The van der Waals surface area contributed by atoms with Crippen LogP contribution in [0.2, 0.25) is 0 Å². The highest BCUT2D eigenvalue weighted by atomic mass is 32.2. The van der Waals surface area contributed by atoms with E-state index in [9.17, 15) is 8.42 Å². The Morgan fingerprint density at radius 1 is 1.18 bits per heavy atom. The number of hydrogen-bond donors (Lipinski definition) is 2. The second kappa shape index (κ2) is 9.42. The van der Waals surface area contributed by atoms with Crippen molar-refractivity contribution in [3.63, 3.8) is 0 Å². The number of hydrogen-bond acceptors (Lipinski definition) is 3. The third-order valence-electron chi connectivity index (χ3n) is 3.02. The molecule has 0 fully saturated rings. The van der Waals surface area contributed by atoms with E-state index >= 15 is 0 Å². The molecule has 0 saturated carbocycles. The molecule has 1 rings (SSSR count). The van der Waals surface area contributed by atoms with Gasteiger partial charge in [-0.2, -0.15) is 0 Å². The van der Waals surface area contributed by atoms with Crippen LogP contribution in [0.4, 0.5) is 0 Å². The Morgan fingerprint density at radius 3 is 2.45 bits per heavy atom. The van der Waals surface area contributed by atoms with Gasteiger partial charge in [-0.1, -0.05) is 30.3 Å². The van der Waals surface area contributed by atoms with E-state index in [2.05, 4.69) is 15.0 Å². The first-order valence-corrected chi connectivity index (χ1v) is 9.06. The van der Waals surface area contributed by atoms with E-state index in [0.29, 0.717) is 26.1 Å². The van der Waals surface area contributed by atoms with Crippen LogP contribution in [0.5, 0.6) is 0 Å². The number of nitrogens with zero attached hydrogens (tertiary/aromatic N) is 2. The molecule has 0 aliphatic rings. The molecule has 1 aromatic rings. The first-order chi connectivity index (χ1) is 10.4. The van der Waals surface area contributed by atoms with Gasteiger partial charge >= 0.3 is 0 Å². The van der Waals surface area contributed by atoms with Gasteiger partial charge in [-0.3, -0.25) is 0 Å². The molecule has 124 valence electrons. The van der Waals surface area contributed by atoms with Gasteiger partial charge in [0, 0.05) is 27.2 Å². The summed E-state index contributed by atoms with van der Waals surface area (Å²) in [4.78, 5) is 6.46. The van der Waals surface area contributed by atoms with Crippen LogP contribution in [0, 0.1) is 0 Å². The minimum absolute atomic E-state index is 0.113. The zero-order valence-corrected chi connectivity index (χ0v) is 14.4. The highest BCUT2D eigenvalue weighted by Crippen LogP contribution is 2.00. The van der Waals surface area contributed by atoms with Crippen LogP contribution in [0.1, 0.15) is 18.9 Å². The van der Waals surface area contributed by atoms with Gasteiger partial charge in [0.2, 0.25) is 10.0 Å². The molecule has 22 heavy (non-hydrogen) atoms. The van der Waals surface area contributed by atoms with Gasteiger partial charge < -0.3 is 10.2 Å². The van der Waals surface area contributed by atoms with Crippen LogP contribution in [-0.2, 0) is 16.6 Å². The largest absolute Gasteiger partial charge is 0.356 e. The van der Waals surface area contributed by atoms with Gasteiger partial charge in [-0.15, -0.1) is 0 Å². The van der Waals surface area contributed by atoms with Crippen LogP contribution in [-0.4, -0.2) is 52.2 Å². The Hall–Kier alpha value is -1.60. The smallest absolute Gasteiger partial charge is 0.211 e. The second-order valence-corrected chi connectivity index (χ2v) is 7.19. The summed E-state index contributed by atoms with van der Waals surface area (Å²) >= 11 is 0. The zero-order chi connectivity index (χ0) is 16.4. The molecule has 0 aromatic heterocycles. The van der Waals surface area contributed by atoms with Crippen molar-refractivity contribution in [1.82, 2.24) is 14.9 Å². The number of guanidine groups is 1. The third kappa shape index (κ3) is 7.42. The minimum atomic E-state index is -3.10. The van der Waals surface area contributed by atoms with Gasteiger partial charge in [0.1, 0.15) is 0 Å². The average Bonchev–Trinajstić information content (AvgIpc) is 2.50.